The molecule has 0 saturated carbocycles. The lowest BCUT2D eigenvalue weighted by atomic mass is 9.87. The van der Waals surface area contributed by atoms with Crippen LogP contribution in [0, 0.1) is 11.6 Å². The number of halogens is 2. The third kappa shape index (κ3) is 5.12. The number of pyridine rings is 2. The van der Waals surface area contributed by atoms with Crippen LogP contribution in [0.4, 0.5) is 13.6 Å². The van der Waals surface area contributed by atoms with Gasteiger partial charge in [0.2, 0.25) is 5.91 Å². The molecule has 42 heavy (non-hydrogen) atoms. The Morgan fingerprint density at radius 3 is 2.50 bits per heavy atom. The lowest BCUT2D eigenvalue weighted by molar-refractivity contribution is -0.133. The Kier molecular flexibility index (Phi) is 7.44. The number of aromatic amines is 1. The van der Waals surface area contributed by atoms with E-state index in [2.05, 4.69) is 15.0 Å². The van der Waals surface area contributed by atoms with E-state index in [1.165, 1.54) is 12.1 Å². The van der Waals surface area contributed by atoms with Crippen LogP contribution in [-0.2, 0) is 9.53 Å². The molecular formula is C30H30F2N6O4. The molecule has 1 aromatic carbocycles. The van der Waals surface area contributed by atoms with E-state index in [0.29, 0.717) is 55.7 Å². The lowest BCUT2D eigenvalue weighted by Gasteiger charge is -2.33. The molecule has 0 radical (unpaired) electrons. The number of nitrogens with one attached hydrogen (secondary N) is 1. The number of imidazole rings is 1. The molecule has 4 aromatic rings. The van der Waals surface area contributed by atoms with Crippen molar-refractivity contribution in [3.8, 4) is 0 Å². The van der Waals surface area contributed by atoms with Gasteiger partial charge in [-0.15, -0.1) is 0 Å². The topological polar surface area (TPSA) is 136 Å². The summed E-state index contributed by atoms with van der Waals surface area (Å²) in [5.41, 5.74) is 7.63. The number of carbonyl (C=O) groups is 2. The van der Waals surface area contributed by atoms with E-state index in [0.717, 1.165) is 11.6 Å². The zero-order valence-corrected chi connectivity index (χ0v) is 22.7. The molecule has 1 saturated heterocycles. The third-order valence-electron chi connectivity index (χ3n) is 8.47. The number of hydrogen-bond acceptors (Lipinski definition) is 6. The van der Waals surface area contributed by atoms with Gasteiger partial charge in [0.15, 0.2) is 17.3 Å². The fourth-order valence-electron chi connectivity index (χ4n) is 6.53. The third-order valence-corrected chi connectivity index (χ3v) is 8.47. The Balaban J connectivity index is 1.22. The molecule has 4 heterocycles. The van der Waals surface area contributed by atoms with Gasteiger partial charge in [-0.25, -0.2) is 23.4 Å². The zero-order chi connectivity index (χ0) is 29.4. The number of nitrogens with zero attached hydrogens (tertiary/aromatic N) is 4. The van der Waals surface area contributed by atoms with Gasteiger partial charge in [-0.3, -0.25) is 19.3 Å². The van der Waals surface area contributed by atoms with Gasteiger partial charge >= 0.3 is 11.8 Å². The summed E-state index contributed by atoms with van der Waals surface area (Å²) in [6, 6.07) is 10.9. The first-order chi connectivity index (χ1) is 20.3. The summed E-state index contributed by atoms with van der Waals surface area (Å²) in [6.45, 7) is 0.963. The second kappa shape index (κ2) is 11.3. The maximum absolute atomic E-state index is 15.0. The predicted molar refractivity (Wildman–Crippen MR) is 149 cm³/mol. The van der Waals surface area contributed by atoms with Crippen LogP contribution < -0.4 is 11.4 Å². The van der Waals surface area contributed by atoms with Gasteiger partial charge in [0.1, 0.15) is 6.10 Å². The molecule has 0 bridgehead atoms. The van der Waals surface area contributed by atoms with Crippen molar-refractivity contribution in [1.29, 1.82) is 0 Å². The second-order valence-corrected chi connectivity index (χ2v) is 10.8. The maximum Gasteiger partial charge on any atom is 0.405 e. The fraction of sp³-hybridized carbons (Fsp3) is 0.367. The number of likely N-dealkylation sites (tertiary alicyclic amines) is 1. The van der Waals surface area contributed by atoms with E-state index in [9.17, 15) is 23.2 Å². The lowest BCUT2D eigenvalue weighted by Crippen LogP contribution is -2.41. The Morgan fingerprint density at radius 2 is 1.71 bits per heavy atom. The molecule has 0 spiro atoms. The molecule has 3 aromatic heterocycles. The number of primary amides is 1. The molecule has 3 atom stereocenters. The van der Waals surface area contributed by atoms with Crippen molar-refractivity contribution in [2.24, 2.45) is 5.73 Å². The van der Waals surface area contributed by atoms with Crippen molar-refractivity contribution in [3.63, 3.8) is 0 Å². The van der Waals surface area contributed by atoms with Crippen LogP contribution in [0.2, 0.25) is 0 Å². The number of hydrogen-bond donors (Lipinski definition) is 2. The Morgan fingerprint density at radius 1 is 0.976 bits per heavy atom. The molecule has 6 rings (SSSR count). The largest absolute Gasteiger partial charge is 0.441 e. The second-order valence-electron chi connectivity index (χ2n) is 10.8. The van der Waals surface area contributed by atoms with Crippen LogP contribution in [-0.4, -0.2) is 49.5 Å². The van der Waals surface area contributed by atoms with E-state index in [4.69, 9.17) is 10.5 Å². The van der Waals surface area contributed by atoms with Gasteiger partial charge in [-0.1, -0.05) is 18.2 Å². The van der Waals surface area contributed by atoms with Gasteiger partial charge < -0.3 is 15.4 Å². The molecule has 2 amide bonds. The van der Waals surface area contributed by atoms with Gasteiger partial charge in [-0.2, -0.15) is 0 Å². The van der Waals surface area contributed by atoms with Crippen LogP contribution in [0.3, 0.4) is 0 Å². The number of ether oxygens (including phenoxy) is 1. The molecule has 3 N–H and O–H groups in total. The van der Waals surface area contributed by atoms with Crippen molar-refractivity contribution in [3.05, 3.63) is 93.8 Å². The number of benzene rings is 1. The number of piperidine rings is 1. The van der Waals surface area contributed by atoms with Crippen LogP contribution in [0.25, 0.3) is 11.2 Å². The van der Waals surface area contributed by atoms with E-state index in [1.807, 2.05) is 6.07 Å². The fourth-order valence-corrected chi connectivity index (χ4v) is 6.53. The number of carbonyl (C=O) groups excluding carboxylic acids is 2. The number of amides is 2. The summed E-state index contributed by atoms with van der Waals surface area (Å²) in [6.07, 6.45) is 3.30. The average molecular weight is 577 g/mol. The highest BCUT2D eigenvalue weighted by molar-refractivity contribution is 5.77. The van der Waals surface area contributed by atoms with E-state index >= 15 is 0 Å². The molecule has 218 valence electrons. The van der Waals surface area contributed by atoms with Crippen LogP contribution in [0.5, 0.6) is 0 Å². The van der Waals surface area contributed by atoms with Gasteiger partial charge in [-0.05, 0) is 55.5 Å². The molecule has 12 heteroatoms. The van der Waals surface area contributed by atoms with Gasteiger partial charge in [0, 0.05) is 55.3 Å². The first-order valence-electron chi connectivity index (χ1n) is 14.0. The van der Waals surface area contributed by atoms with E-state index < -0.39 is 29.7 Å². The van der Waals surface area contributed by atoms with E-state index in [-0.39, 0.29) is 35.5 Å². The Bertz CT molecular complexity index is 1700. The minimum Gasteiger partial charge on any atom is -0.441 e. The summed E-state index contributed by atoms with van der Waals surface area (Å²) in [5, 5.41) is 0. The van der Waals surface area contributed by atoms with Gasteiger partial charge in [0.05, 0.1) is 11.2 Å². The number of nitrogens with two attached hydrogens (primary N) is 1. The summed E-state index contributed by atoms with van der Waals surface area (Å²) < 4.78 is 36.4. The van der Waals surface area contributed by atoms with E-state index in [1.54, 1.807) is 40.1 Å². The first-order valence-corrected chi connectivity index (χ1v) is 14.0. The number of H-pyrrole nitrogens is 1. The number of aromatic nitrogens is 4. The molecule has 1 fully saturated rings. The smallest absolute Gasteiger partial charge is 0.405 e. The quantitative estimate of drug-likeness (QED) is 0.337. The molecule has 1 aliphatic heterocycles. The van der Waals surface area contributed by atoms with Crippen molar-refractivity contribution < 1.29 is 23.1 Å². The highest BCUT2D eigenvalue weighted by Gasteiger charge is 2.38. The first kappa shape index (κ1) is 27.6. The van der Waals surface area contributed by atoms with Crippen molar-refractivity contribution >= 4 is 23.2 Å². The summed E-state index contributed by atoms with van der Waals surface area (Å²) in [7, 11) is 0. The van der Waals surface area contributed by atoms with Crippen LogP contribution in [0.15, 0.2) is 59.7 Å². The highest BCUT2D eigenvalue weighted by Crippen LogP contribution is 2.46. The standard InChI is InChI=1S/C30H30F2N6O4/c31-22-6-1-4-19(25(22)32)20-9-8-17(26-21(5-2-12-34-26)27(20)42-29(33)40)16-24(39)37-14-10-18(11-15-37)38-23-7-3-13-35-28(23)36-30(38)41/h1-7,12-13,17-18,20,27H,8-11,14-16H2,(H2,33,40)(H,35,36,41)/t17-,20-,27-/m0/s1. The summed E-state index contributed by atoms with van der Waals surface area (Å²) in [5.74, 6) is -3.13. The van der Waals surface area contributed by atoms with Crippen molar-refractivity contribution in [2.45, 2.75) is 56.1 Å². The summed E-state index contributed by atoms with van der Waals surface area (Å²) >= 11 is 0. The normalized spacial score (nSPS) is 21.1. The zero-order valence-electron chi connectivity index (χ0n) is 22.7. The molecular weight excluding hydrogens is 546 g/mol. The van der Waals surface area contributed by atoms with Crippen LogP contribution in [0.1, 0.15) is 72.9 Å². The van der Waals surface area contributed by atoms with Crippen LogP contribution >= 0.6 is 0 Å². The summed E-state index contributed by atoms with van der Waals surface area (Å²) in [4.78, 5) is 51.5. The average Bonchev–Trinajstić information content (AvgIpc) is 3.25. The molecule has 10 nitrogen and oxygen atoms in total. The SMILES string of the molecule is NC(=O)O[C@@H]1c2cccnc2[C@H](CC(=O)N2CCC(n3c(=O)[nH]c4ncccc43)CC2)CC[C@H]1c1cccc(F)c1F. The van der Waals surface area contributed by atoms with Crippen molar-refractivity contribution in [2.75, 3.05) is 13.1 Å². The molecule has 2 aliphatic rings. The number of fused-ring (bicyclic) bond motifs is 2. The number of rotatable bonds is 5. The monoisotopic (exact) mass is 576 g/mol. The minimum atomic E-state index is -1.04. The maximum atomic E-state index is 15.0. The highest BCUT2D eigenvalue weighted by atomic mass is 19.2. The predicted octanol–water partition coefficient (Wildman–Crippen LogP) is 4.45. The van der Waals surface area contributed by atoms with Crippen molar-refractivity contribution in [1.82, 2.24) is 24.4 Å². The Hall–Kier alpha value is -4.61. The molecule has 0 unspecified atom stereocenters. The minimum absolute atomic E-state index is 0.0617. The Labute approximate surface area is 239 Å². The molecule has 1 aliphatic carbocycles. The van der Waals surface area contributed by atoms with Gasteiger partial charge in [0.25, 0.3) is 0 Å².